The Labute approximate surface area is 156 Å². The molecule has 0 unspecified atom stereocenters. The van der Waals surface area contributed by atoms with Crippen molar-refractivity contribution >= 4 is 11.8 Å². The van der Waals surface area contributed by atoms with Gasteiger partial charge in [0.25, 0.3) is 11.8 Å². The third-order valence-electron chi connectivity index (χ3n) is 4.61. The van der Waals surface area contributed by atoms with Crippen LogP contribution >= 0.6 is 0 Å². The number of rotatable bonds is 3. The topological polar surface area (TPSA) is 88.9 Å². The second-order valence-corrected chi connectivity index (χ2v) is 6.50. The maximum Gasteiger partial charge on any atom is 0.290 e. The van der Waals surface area contributed by atoms with E-state index in [0.29, 0.717) is 5.69 Å². The van der Waals surface area contributed by atoms with Crippen molar-refractivity contribution in [2.75, 3.05) is 0 Å². The fourth-order valence-corrected chi connectivity index (χ4v) is 3.25. The Bertz CT molecular complexity index is 993. The Morgan fingerprint density at radius 3 is 2.52 bits per heavy atom. The Morgan fingerprint density at radius 2 is 1.78 bits per heavy atom. The third kappa shape index (κ3) is 3.31. The summed E-state index contributed by atoms with van der Waals surface area (Å²) in [6.07, 6.45) is 4.19. The van der Waals surface area contributed by atoms with Gasteiger partial charge in [-0.3, -0.25) is 25.4 Å². The molecule has 2 aromatic heterocycles. The number of nitrogens with zero attached hydrogens (tertiary/aromatic N) is 3. The normalized spacial score (nSPS) is 12.5. The van der Waals surface area contributed by atoms with Crippen LogP contribution in [0.3, 0.4) is 0 Å². The molecule has 1 aromatic carbocycles. The maximum absolute atomic E-state index is 12.6. The van der Waals surface area contributed by atoms with Crippen LogP contribution in [0.25, 0.3) is 5.69 Å². The number of carbonyl (C=O) groups is 2. The summed E-state index contributed by atoms with van der Waals surface area (Å²) in [5.41, 5.74) is 9.51. The molecule has 0 atom stereocenters. The van der Waals surface area contributed by atoms with Gasteiger partial charge in [-0.05, 0) is 50.5 Å². The van der Waals surface area contributed by atoms with E-state index in [1.807, 2.05) is 35.9 Å². The Balaban J connectivity index is 1.55. The Morgan fingerprint density at radius 1 is 1.00 bits per heavy atom. The van der Waals surface area contributed by atoms with Crippen LogP contribution in [0.1, 0.15) is 44.2 Å². The smallest absolute Gasteiger partial charge is 0.266 e. The third-order valence-corrected chi connectivity index (χ3v) is 4.61. The van der Waals surface area contributed by atoms with Gasteiger partial charge in [-0.2, -0.15) is 5.10 Å². The van der Waals surface area contributed by atoms with E-state index in [1.165, 1.54) is 6.20 Å². The predicted octanol–water partition coefficient (Wildman–Crippen LogP) is 2.14. The summed E-state index contributed by atoms with van der Waals surface area (Å²) < 4.78 is 1.83. The molecule has 7 nitrogen and oxygen atoms in total. The molecule has 0 spiro atoms. The van der Waals surface area contributed by atoms with Crippen LogP contribution in [0, 0.1) is 6.92 Å². The van der Waals surface area contributed by atoms with E-state index in [1.54, 1.807) is 18.2 Å². The molecule has 0 bridgehead atoms. The number of amides is 2. The minimum atomic E-state index is -0.474. The molecule has 0 fully saturated rings. The maximum atomic E-state index is 12.6. The number of fused-ring (bicyclic) bond motifs is 1. The van der Waals surface area contributed by atoms with Crippen LogP contribution in [0.15, 0.2) is 48.7 Å². The summed E-state index contributed by atoms with van der Waals surface area (Å²) in [5.74, 6) is -0.901. The van der Waals surface area contributed by atoms with Crippen LogP contribution in [-0.2, 0) is 12.8 Å². The molecule has 0 radical (unpaired) electrons. The highest BCUT2D eigenvalue weighted by Crippen LogP contribution is 2.27. The number of nitrogens with one attached hydrogen (secondary N) is 2. The van der Waals surface area contributed by atoms with Gasteiger partial charge in [-0.15, -0.1) is 0 Å². The molecule has 1 aliphatic carbocycles. The first kappa shape index (κ1) is 17.0. The molecule has 4 rings (SSSR count). The van der Waals surface area contributed by atoms with Crippen LogP contribution in [-0.4, -0.2) is 26.6 Å². The first-order valence-corrected chi connectivity index (χ1v) is 8.83. The zero-order chi connectivity index (χ0) is 18.8. The van der Waals surface area contributed by atoms with Crippen LogP contribution in [0.4, 0.5) is 0 Å². The van der Waals surface area contributed by atoms with Gasteiger partial charge in [0.05, 0.1) is 5.69 Å². The molecule has 2 N–H and O–H groups in total. The zero-order valence-corrected chi connectivity index (χ0v) is 14.9. The summed E-state index contributed by atoms with van der Waals surface area (Å²) >= 11 is 0. The standard InChI is InChI=1S/C20H19N5O2/c1-13-8-10-14(11-9-13)25-17-7-4-5-15(17)18(24-25)20(27)23-22-19(26)16-6-2-3-12-21-16/h2-3,6,8-12H,4-5,7H2,1H3,(H,22,26)(H,23,27). The number of pyridine rings is 1. The minimum Gasteiger partial charge on any atom is -0.266 e. The van der Waals surface area contributed by atoms with Gasteiger partial charge in [0, 0.05) is 17.5 Å². The van der Waals surface area contributed by atoms with Crippen molar-refractivity contribution in [3.63, 3.8) is 0 Å². The van der Waals surface area contributed by atoms with E-state index in [2.05, 4.69) is 20.9 Å². The van der Waals surface area contributed by atoms with E-state index in [4.69, 9.17) is 0 Å². The Kier molecular flexibility index (Phi) is 4.42. The number of hydrogen-bond donors (Lipinski definition) is 2. The molecule has 0 saturated heterocycles. The van der Waals surface area contributed by atoms with Crippen LogP contribution < -0.4 is 10.9 Å². The first-order chi connectivity index (χ1) is 13.1. The largest absolute Gasteiger partial charge is 0.290 e. The zero-order valence-electron chi connectivity index (χ0n) is 14.9. The lowest BCUT2D eigenvalue weighted by atomic mass is 10.2. The fraction of sp³-hybridized carbons (Fsp3) is 0.200. The highest BCUT2D eigenvalue weighted by atomic mass is 16.2. The molecule has 1 aliphatic rings. The van der Waals surface area contributed by atoms with Crippen LogP contribution in [0.5, 0.6) is 0 Å². The SMILES string of the molecule is Cc1ccc(-n2nc(C(=O)NNC(=O)c3ccccn3)c3c2CCC3)cc1. The lowest BCUT2D eigenvalue weighted by molar-refractivity contribution is 0.0840. The average molecular weight is 361 g/mol. The molecule has 2 heterocycles. The van der Waals surface area contributed by atoms with Gasteiger partial charge in [-0.1, -0.05) is 23.8 Å². The highest BCUT2D eigenvalue weighted by molar-refractivity contribution is 5.98. The number of benzene rings is 1. The molecule has 27 heavy (non-hydrogen) atoms. The molecular weight excluding hydrogens is 342 g/mol. The van der Waals surface area contributed by atoms with Gasteiger partial charge < -0.3 is 0 Å². The summed E-state index contributed by atoms with van der Waals surface area (Å²) in [4.78, 5) is 28.6. The van der Waals surface area contributed by atoms with Gasteiger partial charge in [0.15, 0.2) is 5.69 Å². The Hall–Kier alpha value is -3.48. The van der Waals surface area contributed by atoms with Crippen LogP contribution in [0.2, 0.25) is 0 Å². The number of hydrazine groups is 1. The lowest BCUT2D eigenvalue weighted by Gasteiger charge is -2.07. The molecule has 0 saturated carbocycles. The average Bonchev–Trinajstić information content (AvgIpc) is 3.30. The van der Waals surface area contributed by atoms with Crippen molar-refractivity contribution in [1.82, 2.24) is 25.6 Å². The van der Waals surface area contributed by atoms with E-state index in [-0.39, 0.29) is 5.69 Å². The van der Waals surface area contributed by atoms with Gasteiger partial charge in [0.1, 0.15) is 5.69 Å². The number of aryl methyl sites for hydroxylation is 1. The van der Waals surface area contributed by atoms with E-state index in [9.17, 15) is 9.59 Å². The number of aromatic nitrogens is 3. The molecule has 7 heteroatoms. The second-order valence-electron chi connectivity index (χ2n) is 6.50. The van der Waals surface area contributed by atoms with Gasteiger partial charge in [-0.25, -0.2) is 4.68 Å². The predicted molar refractivity (Wildman–Crippen MR) is 99.5 cm³/mol. The molecule has 3 aromatic rings. The number of carbonyl (C=O) groups excluding carboxylic acids is 2. The van der Waals surface area contributed by atoms with Crippen molar-refractivity contribution in [2.45, 2.75) is 26.2 Å². The molecule has 2 amide bonds. The molecule has 0 aliphatic heterocycles. The first-order valence-electron chi connectivity index (χ1n) is 8.83. The minimum absolute atomic E-state index is 0.230. The van der Waals surface area contributed by atoms with Crippen molar-refractivity contribution in [3.8, 4) is 5.69 Å². The molecular formula is C20H19N5O2. The fourth-order valence-electron chi connectivity index (χ4n) is 3.25. The van der Waals surface area contributed by atoms with E-state index in [0.717, 1.165) is 41.8 Å². The summed E-state index contributed by atoms with van der Waals surface area (Å²) in [6, 6.07) is 13.0. The van der Waals surface area contributed by atoms with Crippen molar-refractivity contribution in [1.29, 1.82) is 0 Å². The van der Waals surface area contributed by atoms with Gasteiger partial charge >= 0.3 is 0 Å². The van der Waals surface area contributed by atoms with E-state index < -0.39 is 11.8 Å². The van der Waals surface area contributed by atoms with E-state index >= 15 is 0 Å². The summed E-state index contributed by atoms with van der Waals surface area (Å²) in [6.45, 7) is 2.03. The monoisotopic (exact) mass is 361 g/mol. The summed E-state index contributed by atoms with van der Waals surface area (Å²) in [7, 11) is 0. The van der Waals surface area contributed by atoms with Crippen molar-refractivity contribution < 1.29 is 9.59 Å². The quantitative estimate of drug-likeness (QED) is 0.700. The van der Waals surface area contributed by atoms with Crippen molar-refractivity contribution in [3.05, 3.63) is 76.9 Å². The summed E-state index contributed by atoms with van der Waals surface area (Å²) in [5, 5.41) is 4.52. The second kappa shape index (κ2) is 7.03. The van der Waals surface area contributed by atoms with Crippen molar-refractivity contribution in [2.24, 2.45) is 0 Å². The van der Waals surface area contributed by atoms with Gasteiger partial charge in [0.2, 0.25) is 0 Å². The molecule has 136 valence electrons. The lowest BCUT2D eigenvalue weighted by Crippen LogP contribution is -2.42. The number of hydrogen-bond acceptors (Lipinski definition) is 4. The highest BCUT2D eigenvalue weighted by Gasteiger charge is 2.27.